The van der Waals surface area contributed by atoms with E-state index in [0.717, 1.165) is 11.1 Å². The van der Waals surface area contributed by atoms with Gasteiger partial charge < -0.3 is 10.1 Å². The number of benzene rings is 2. The number of ether oxygens (including phenoxy) is 1. The summed E-state index contributed by atoms with van der Waals surface area (Å²) in [6, 6.07) is 16.2. The van der Waals surface area contributed by atoms with Crippen LogP contribution in [0, 0.1) is 11.3 Å². The molecule has 0 aliphatic rings. The monoisotopic (exact) mass is 294 g/mol. The molecule has 0 aliphatic carbocycles. The maximum absolute atomic E-state index is 11.8. The zero-order valence-electron chi connectivity index (χ0n) is 12.0. The van der Waals surface area contributed by atoms with E-state index in [1.807, 2.05) is 24.3 Å². The summed E-state index contributed by atoms with van der Waals surface area (Å²) in [5.74, 6) is -0.834. The van der Waals surface area contributed by atoms with Gasteiger partial charge in [0.2, 0.25) is 0 Å². The predicted octanol–water partition coefficient (Wildman–Crippen LogP) is 2.13. The maximum atomic E-state index is 11.8. The van der Waals surface area contributed by atoms with Crippen molar-refractivity contribution in [2.75, 3.05) is 13.7 Å². The summed E-state index contributed by atoms with van der Waals surface area (Å²) in [5, 5.41) is 11.3. The largest absolute Gasteiger partial charge is 0.468 e. The molecule has 0 saturated carbocycles. The van der Waals surface area contributed by atoms with Gasteiger partial charge in [-0.25, -0.2) is 0 Å². The Morgan fingerprint density at radius 1 is 1.05 bits per heavy atom. The van der Waals surface area contributed by atoms with Crippen LogP contribution in [0.5, 0.6) is 0 Å². The number of hydrogen-bond acceptors (Lipinski definition) is 4. The van der Waals surface area contributed by atoms with Crippen LogP contribution in [-0.2, 0) is 9.53 Å². The van der Waals surface area contributed by atoms with Gasteiger partial charge in [0.05, 0.1) is 18.7 Å². The number of hydrogen-bond donors (Lipinski definition) is 1. The Balaban J connectivity index is 2.07. The zero-order valence-corrected chi connectivity index (χ0v) is 12.0. The first kappa shape index (κ1) is 15.3. The second-order valence-corrected chi connectivity index (χ2v) is 4.53. The summed E-state index contributed by atoms with van der Waals surface area (Å²) in [6.45, 7) is -0.160. The van der Waals surface area contributed by atoms with Crippen molar-refractivity contribution in [3.63, 3.8) is 0 Å². The van der Waals surface area contributed by atoms with Crippen LogP contribution >= 0.6 is 0 Å². The molecule has 0 bridgehead atoms. The first-order chi connectivity index (χ1) is 10.6. The zero-order chi connectivity index (χ0) is 15.9. The summed E-state index contributed by atoms with van der Waals surface area (Å²) in [5.41, 5.74) is 2.96. The highest BCUT2D eigenvalue weighted by Crippen LogP contribution is 2.20. The van der Waals surface area contributed by atoms with Crippen LogP contribution < -0.4 is 5.32 Å². The Bertz CT molecular complexity index is 713. The fourth-order valence-electron chi connectivity index (χ4n) is 1.88. The molecule has 0 heterocycles. The molecule has 110 valence electrons. The minimum absolute atomic E-state index is 0.160. The lowest BCUT2D eigenvalue weighted by molar-refractivity contribution is -0.139. The molecule has 0 radical (unpaired) electrons. The molecular formula is C17H14N2O3. The number of nitrogens with one attached hydrogen (secondary N) is 1. The Hall–Kier alpha value is -3.13. The van der Waals surface area contributed by atoms with E-state index in [0.29, 0.717) is 11.1 Å². The molecule has 0 aromatic heterocycles. The third-order valence-electron chi connectivity index (χ3n) is 3.12. The molecule has 22 heavy (non-hydrogen) atoms. The number of nitriles is 1. The fraction of sp³-hybridized carbons (Fsp3) is 0.118. The molecule has 2 rings (SSSR count). The summed E-state index contributed by atoms with van der Waals surface area (Å²) in [7, 11) is 1.26. The first-order valence-electron chi connectivity index (χ1n) is 6.59. The van der Waals surface area contributed by atoms with Gasteiger partial charge in [-0.2, -0.15) is 5.26 Å². The SMILES string of the molecule is COC(=O)CNC(=O)c1ccc(-c2ccc(C#N)cc2)cc1. The molecule has 1 N–H and O–H groups in total. The minimum Gasteiger partial charge on any atom is -0.468 e. The minimum atomic E-state index is -0.498. The predicted molar refractivity (Wildman–Crippen MR) is 80.9 cm³/mol. The average molecular weight is 294 g/mol. The third kappa shape index (κ3) is 3.70. The summed E-state index contributed by atoms with van der Waals surface area (Å²) in [6.07, 6.45) is 0. The summed E-state index contributed by atoms with van der Waals surface area (Å²) < 4.78 is 4.46. The van der Waals surface area contributed by atoms with Crippen LogP contribution in [0.2, 0.25) is 0 Å². The number of esters is 1. The van der Waals surface area contributed by atoms with Crippen molar-refractivity contribution in [2.24, 2.45) is 0 Å². The summed E-state index contributed by atoms with van der Waals surface area (Å²) in [4.78, 5) is 22.8. The molecule has 0 unspecified atom stereocenters. The number of carbonyl (C=O) groups excluding carboxylic acids is 2. The molecule has 0 saturated heterocycles. The van der Waals surface area contributed by atoms with Gasteiger partial charge in [0.15, 0.2) is 0 Å². The van der Waals surface area contributed by atoms with Gasteiger partial charge >= 0.3 is 5.97 Å². The molecule has 0 aliphatic heterocycles. The second-order valence-electron chi connectivity index (χ2n) is 4.53. The van der Waals surface area contributed by atoms with Crippen LogP contribution in [0.25, 0.3) is 11.1 Å². The van der Waals surface area contributed by atoms with Crippen LogP contribution in [0.3, 0.4) is 0 Å². The molecule has 2 aromatic carbocycles. The van der Waals surface area contributed by atoms with Crippen molar-refractivity contribution in [2.45, 2.75) is 0 Å². The molecular weight excluding hydrogens is 280 g/mol. The van der Waals surface area contributed by atoms with Crippen molar-refractivity contribution in [1.82, 2.24) is 5.32 Å². The number of rotatable bonds is 4. The van der Waals surface area contributed by atoms with Crippen molar-refractivity contribution < 1.29 is 14.3 Å². The van der Waals surface area contributed by atoms with Crippen molar-refractivity contribution >= 4 is 11.9 Å². The van der Waals surface area contributed by atoms with Crippen LogP contribution in [0.1, 0.15) is 15.9 Å². The molecule has 2 aromatic rings. The Labute approximate surface area is 128 Å². The van der Waals surface area contributed by atoms with Gasteiger partial charge in [-0.1, -0.05) is 24.3 Å². The van der Waals surface area contributed by atoms with Gasteiger partial charge in [0.25, 0.3) is 5.91 Å². The number of methoxy groups -OCH3 is 1. The number of carbonyl (C=O) groups is 2. The van der Waals surface area contributed by atoms with E-state index >= 15 is 0 Å². The van der Waals surface area contributed by atoms with E-state index < -0.39 is 5.97 Å². The van der Waals surface area contributed by atoms with E-state index in [-0.39, 0.29) is 12.5 Å². The van der Waals surface area contributed by atoms with Gasteiger partial charge in [0, 0.05) is 5.56 Å². The number of nitrogens with zero attached hydrogens (tertiary/aromatic N) is 1. The Morgan fingerprint density at radius 3 is 2.09 bits per heavy atom. The first-order valence-corrected chi connectivity index (χ1v) is 6.59. The average Bonchev–Trinajstić information content (AvgIpc) is 2.59. The smallest absolute Gasteiger partial charge is 0.325 e. The van der Waals surface area contributed by atoms with Gasteiger partial charge in [-0.3, -0.25) is 9.59 Å². The van der Waals surface area contributed by atoms with Crippen LogP contribution in [-0.4, -0.2) is 25.5 Å². The quantitative estimate of drug-likeness (QED) is 0.876. The van der Waals surface area contributed by atoms with Crippen LogP contribution in [0.15, 0.2) is 48.5 Å². The lowest BCUT2D eigenvalue weighted by Crippen LogP contribution is -2.30. The Morgan fingerprint density at radius 2 is 1.59 bits per heavy atom. The second kappa shape index (κ2) is 7.04. The van der Waals surface area contributed by atoms with Crippen molar-refractivity contribution in [3.8, 4) is 17.2 Å². The van der Waals surface area contributed by atoms with Crippen LogP contribution in [0.4, 0.5) is 0 Å². The normalized spacial score (nSPS) is 9.64. The topological polar surface area (TPSA) is 79.2 Å². The highest BCUT2D eigenvalue weighted by Gasteiger charge is 2.08. The van der Waals surface area contributed by atoms with E-state index in [2.05, 4.69) is 16.1 Å². The molecule has 5 nitrogen and oxygen atoms in total. The highest BCUT2D eigenvalue weighted by molar-refractivity contribution is 5.96. The van der Waals surface area contributed by atoms with Crippen molar-refractivity contribution in [1.29, 1.82) is 5.26 Å². The fourth-order valence-corrected chi connectivity index (χ4v) is 1.88. The summed E-state index contributed by atoms with van der Waals surface area (Å²) >= 11 is 0. The lowest BCUT2D eigenvalue weighted by Gasteiger charge is -2.06. The molecule has 5 heteroatoms. The molecule has 0 atom stereocenters. The highest BCUT2D eigenvalue weighted by atomic mass is 16.5. The van der Waals surface area contributed by atoms with E-state index in [9.17, 15) is 9.59 Å². The maximum Gasteiger partial charge on any atom is 0.325 e. The van der Waals surface area contributed by atoms with Crippen molar-refractivity contribution in [3.05, 3.63) is 59.7 Å². The standard InChI is InChI=1S/C17H14N2O3/c1-22-16(20)11-19-17(21)15-8-6-14(7-9-15)13-4-2-12(10-18)3-5-13/h2-9H,11H2,1H3,(H,19,21). The molecule has 0 spiro atoms. The van der Waals surface area contributed by atoms with Gasteiger partial charge in [0.1, 0.15) is 6.54 Å². The number of amides is 1. The van der Waals surface area contributed by atoms with Gasteiger partial charge in [-0.15, -0.1) is 0 Å². The van der Waals surface area contributed by atoms with E-state index in [1.54, 1.807) is 24.3 Å². The Kier molecular flexibility index (Phi) is 4.89. The van der Waals surface area contributed by atoms with Gasteiger partial charge in [-0.05, 0) is 35.4 Å². The lowest BCUT2D eigenvalue weighted by atomic mass is 10.0. The van der Waals surface area contributed by atoms with E-state index in [1.165, 1.54) is 7.11 Å². The molecule has 0 fully saturated rings. The van der Waals surface area contributed by atoms with E-state index in [4.69, 9.17) is 5.26 Å². The molecule has 1 amide bonds. The third-order valence-corrected chi connectivity index (χ3v) is 3.12.